The first-order valence-corrected chi connectivity index (χ1v) is 11.8. The van der Waals surface area contributed by atoms with E-state index in [0.717, 1.165) is 38.5 Å². The molecule has 4 heteroatoms. The summed E-state index contributed by atoms with van der Waals surface area (Å²) in [5, 5.41) is 29.6. The van der Waals surface area contributed by atoms with E-state index in [-0.39, 0.29) is 17.8 Å². The van der Waals surface area contributed by atoms with Crippen molar-refractivity contribution in [1.82, 2.24) is 0 Å². The third-order valence-electron chi connectivity index (χ3n) is 5.49. The molecule has 0 saturated heterocycles. The Balaban J connectivity index is 3.92. The largest absolute Gasteiger partial charge is 0.512 e. The van der Waals surface area contributed by atoms with Crippen LogP contribution in [0.25, 0.3) is 0 Å². The zero-order valence-corrected chi connectivity index (χ0v) is 18.6. The number of allylic oxidation sites excluding steroid dienone is 1. The highest BCUT2D eigenvalue weighted by molar-refractivity contribution is 5.87. The Morgan fingerprint density at radius 1 is 0.643 bits per heavy atom. The Labute approximate surface area is 173 Å². The highest BCUT2D eigenvalue weighted by atomic mass is 16.4. The highest BCUT2D eigenvalue weighted by Gasteiger charge is 2.16. The van der Waals surface area contributed by atoms with Crippen LogP contribution in [0.3, 0.4) is 0 Å². The molecular weight excluding hydrogens is 352 g/mol. The van der Waals surface area contributed by atoms with E-state index in [9.17, 15) is 20.1 Å². The van der Waals surface area contributed by atoms with Crippen LogP contribution in [0.1, 0.15) is 129 Å². The van der Waals surface area contributed by atoms with E-state index >= 15 is 0 Å². The summed E-state index contributed by atoms with van der Waals surface area (Å²) in [4.78, 5) is 11.4. The molecule has 0 aliphatic rings. The number of carboxylic acids is 1. The van der Waals surface area contributed by atoms with E-state index in [1.54, 1.807) is 0 Å². The maximum Gasteiger partial charge on any atom is 0.334 e. The topological polar surface area (TPSA) is 77.8 Å². The predicted octanol–water partition coefficient (Wildman–Crippen LogP) is 7.31. The molecule has 0 bridgehead atoms. The Kier molecular flexibility index (Phi) is 18.6. The van der Waals surface area contributed by atoms with Gasteiger partial charge in [-0.25, -0.2) is 4.79 Å². The number of aliphatic hydroxyl groups excluding tert-OH is 2. The molecule has 0 rings (SSSR count). The molecule has 1 unspecified atom stereocenters. The predicted molar refractivity (Wildman–Crippen MR) is 118 cm³/mol. The van der Waals surface area contributed by atoms with Crippen molar-refractivity contribution >= 4 is 5.97 Å². The molecule has 0 aromatic carbocycles. The van der Waals surface area contributed by atoms with Crippen molar-refractivity contribution in [1.29, 1.82) is 0 Å². The van der Waals surface area contributed by atoms with Crippen molar-refractivity contribution in [3.05, 3.63) is 11.3 Å². The SMILES string of the molecule is CCCCCCCCCCCC(O)CCC(C(=O)O)=C(O)CCCCCCC. The fourth-order valence-corrected chi connectivity index (χ4v) is 3.57. The maximum atomic E-state index is 11.4. The molecule has 0 aliphatic heterocycles. The lowest BCUT2D eigenvalue weighted by Crippen LogP contribution is -2.11. The average Bonchev–Trinajstić information content (AvgIpc) is 2.66. The molecular formula is C24H46O4. The third-order valence-corrected chi connectivity index (χ3v) is 5.49. The van der Waals surface area contributed by atoms with Crippen LogP contribution < -0.4 is 0 Å². The first kappa shape index (κ1) is 27.0. The Hall–Kier alpha value is -1.03. The normalized spacial score (nSPS) is 13.4. The van der Waals surface area contributed by atoms with E-state index in [1.807, 2.05) is 0 Å². The molecule has 28 heavy (non-hydrogen) atoms. The van der Waals surface area contributed by atoms with Gasteiger partial charge in [0.15, 0.2) is 0 Å². The van der Waals surface area contributed by atoms with Gasteiger partial charge in [-0.05, 0) is 25.7 Å². The van der Waals surface area contributed by atoms with Gasteiger partial charge in [0.05, 0.1) is 11.7 Å². The molecule has 166 valence electrons. The zero-order chi connectivity index (χ0) is 21.0. The summed E-state index contributed by atoms with van der Waals surface area (Å²) in [6.07, 6.45) is 17.9. The number of carboxylic acid groups (broad SMARTS) is 1. The van der Waals surface area contributed by atoms with Crippen LogP contribution >= 0.6 is 0 Å². The van der Waals surface area contributed by atoms with Gasteiger partial charge < -0.3 is 15.3 Å². The van der Waals surface area contributed by atoms with Crippen molar-refractivity contribution in [3.8, 4) is 0 Å². The van der Waals surface area contributed by atoms with E-state index in [0.29, 0.717) is 12.8 Å². The minimum Gasteiger partial charge on any atom is -0.512 e. The Morgan fingerprint density at radius 3 is 1.61 bits per heavy atom. The number of unbranched alkanes of at least 4 members (excludes halogenated alkanes) is 12. The molecule has 0 radical (unpaired) electrons. The Morgan fingerprint density at radius 2 is 1.11 bits per heavy atom. The number of rotatable bonds is 20. The van der Waals surface area contributed by atoms with Crippen molar-refractivity contribution < 1.29 is 20.1 Å². The fourth-order valence-electron chi connectivity index (χ4n) is 3.57. The lowest BCUT2D eigenvalue weighted by atomic mass is 9.99. The van der Waals surface area contributed by atoms with Gasteiger partial charge in [0, 0.05) is 6.42 Å². The van der Waals surface area contributed by atoms with Crippen LogP contribution in [0.2, 0.25) is 0 Å². The lowest BCUT2D eigenvalue weighted by Gasteiger charge is -2.12. The first-order chi connectivity index (χ1) is 13.5. The molecule has 0 amide bonds. The summed E-state index contributed by atoms with van der Waals surface area (Å²) in [7, 11) is 0. The van der Waals surface area contributed by atoms with Crippen molar-refractivity contribution in [3.63, 3.8) is 0 Å². The number of hydrogen-bond donors (Lipinski definition) is 3. The van der Waals surface area contributed by atoms with Crippen LogP contribution in [-0.4, -0.2) is 27.4 Å². The summed E-state index contributed by atoms with van der Waals surface area (Å²) in [6.45, 7) is 4.39. The Bertz CT molecular complexity index is 403. The van der Waals surface area contributed by atoms with Gasteiger partial charge in [0.25, 0.3) is 0 Å². The smallest absolute Gasteiger partial charge is 0.334 e. The molecule has 0 spiro atoms. The van der Waals surface area contributed by atoms with Crippen LogP contribution in [0, 0.1) is 0 Å². The second-order valence-corrected chi connectivity index (χ2v) is 8.20. The lowest BCUT2D eigenvalue weighted by molar-refractivity contribution is -0.133. The van der Waals surface area contributed by atoms with Crippen LogP contribution in [0.15, 0.2) is 11.3 Å². The maximum absolute atomic E-state index is 11.4. The number of aliphatic carboxylic acids is 1. The van der Waals surface area contributed by atoms with Crippen molar-refractivity contribution in [2.45, 2.75) is 136 Å². The van der Waals surface area contributed by atoms with E-state index < -0.39 is 12.1 Å². The van der Waals surface area contributed by atoms with Crippen LogP contribution in [0.5, 0.6) is 0 Å². The zero-order valence-electron chi connectivity index (χ0n) is 18.6. The summed E-state index contributed by atoms with van der Waals surface area (Å²) in [5.41, 5.74) is 0.0848. The van der Waals surface area contributed by atoms with Gasteiger partial charge in [0.1, 0.15) is 5.76 Å². The van der Waals surface area contributed by atoms with Gasteiger partial charge in [-0.15, -0.1) is 0 Å². The van der Waals surface area contributed by atoms with Gasteiger partial charge in [-0.3, -0.25) is 0 Å². The van der Waals surface area contributed by atoms with Crippen LogP contribution in [-0.2, 0) is 4.79 Å². The van der Waals surface area contributed by atoms with Gasteiger partial charge in [-0.2, -0.15) is 0 Å². The second kappa shape index (κ2) is 19.3. The van der Waals surface area contributed by atoms with E-state index in [4.69, 9.17) is 0 Å². The summed E-state index contributed by atoms with van der Waals surface area (Å²) >= 11 is 0. The molecule has 0 aliphatic carbocycles. The monoisotopic (exact) mass is 398 g/mol. The minimum absolute atomic E-state index is 0.000675. The van der Waals surface area contributed by atoms with Gasteiger partial charge in [0.2, 0.25) is 0 Å². The second-order valence-electron chi connectivity index (χ2n) is 8.20. The van der Waals surface area contributed by atoms with Gasteiger partial charge >= 0.3 is 5.97 Å². The van der Waals surface area contributed by atoms with Crippen LogP contribution in [0.4, 0.5) is 0 Å². The fraction of sp³-hybridized carbons (Fsp3) is 0.875. The van der Waals surface area contributed by atoms with Gasteiger partial charge in [-0.1, -0.05) is 97.3 Å². The van der Waals surface area contributed by atoms with Crippen molar-refractivity contribution in [2.24, 2.45) is 0 Å². The third kappa shape index (κ3) is 16.0. The molecule has 4 nitrogen and oxygen atoms in total. The molecule has 0 heterocycles. The molecule has 1 atom stereocenters. The standard InChI is InChI=1S/C24H46O4/c1-3-5-7-9-10-11-12-14-15-17-21(25)19-20-22(24(27)28)23(26)18-16-13-8-6-4-2/h21,25-26H,3-20H2,1-2H3,(H,27,28). The molecule has 0 aromatic rings. The molecule has 3 N–H and O–H groups in total. The van der Waals surface area contributed by atoms with E-state index in [2.05, 4.69) is 13.8 Å². The molecule has 0 aromatic heterocycles. The van der Waals surface area contributed by atoms with Crippen molar-refractivity contribution in [2.75, 3.05) is 0 Å². The number of aliphatic hydroxyl groups is 2. The number of carbonyl (C=O) groups is 1. The summed E-state index contributed by atoms with van der Waals surface area (Å²) in [5.74, 6) is -1.05. The highest BCUT2D eigenvalue weighted by Crippen LogP contribution is 2.19. The summed E-state index contributed by atoms with van der Waals surface area (Å²) in [6, 6.07) is 0. The first-order valence-electron chi connectivity index (χ1n) is 11.8. The quantitative estimate of drug-likeness (QED) is 0.114. The molecule has 0 saturated carbocycles. The molecule has 0 fully saturated rings. The van der Waals surface area contributed by atoms with E-state index in [1.165, 1.54) is 57.8 Å². The minimum atomic E-state index is -1.05. The summed E-state index contributed by atoms with van der Waals surface area (Å²) < 4.78 is 0. The number of hydrogen-bond acceptors (Lipinski definition) is 3. The average molecular weight is 399 g/mol.